The quantitative estimate of drug-likeness (QED) is 0.214. The topological polar surface area (TPSA) is 8.17 Å². The first-order chi connectivity index (χ1) is 20.3. The highest BCUT2D eigenvalue weighted by Crippen LogP contribution is 2.51. The Hall–Kier alpha value is -4.34. The number of fused-ring (bicyclic) bond motifs is 9. The Bertz CT molecular complexity index is 2030. The minimum absolute atomic E-state index is 0.272. The first kappa shape index (κ1) is 23.4. The Balaban J connectivity index is 1.25. The van der Waals surface area contributed by atoms with Crippen molar-refractivity contribution in [3.63, 3.8) is 0 Å². The molecular formula is C38H30N2S. The molecule has 6 aromatic rings. The fraction of sp³-hybridized carbons (Fsp3) is 0.158. The average molecular weight is 547 g/mol. The van der Waals surface area contributed by atoms with Crippen LogP contribution in [0.3, 0.4) is 0 Å². The summed E-state index contributed by atoms with van der Waals surface area (Å²) in [6, 6.07) is 34.6. The van der Waals surface area contributed by atoms with Crippen molar-refractivity contribution in [2.45, 2.75) is 31.3 Å². The lowest BCUT2D eigenvalue weighted by Crippen LogP contribution is -2.28. The molecule has 2 aromatic heterocycles. The van der Waals surface area contributed by atoms with Crippen LogP contribution < -0.4 is 4.90 Å². The first-order valence-electron chi connectivity index (χ1n) is 14.8. The maximum absolute atomic E-state index is 2.64. The normalized spacial score (nSPS) is 22.5. The summed E-state index contributed by atoms with van der Waals surface area (Å²) in [5.41, 5.74) is 8.07. The van der Waals surface area contributed by atoms with Crippen LogP contribution in [0.4, 0.5) is 11.4 Å². The van der Waals surface area contributed by atoms with E-state index in [4.69, 9.17) is 0 Å². The third-order valence-electron chi connectivity index (χ3n) is 9.53. The number of thiophene rings is 1. The number of hydrogen-bond acceptors (Lipinski definition) is 2. The molecule has 3 aliphatic rings. The van der Waals surface area contributed by atoms with Crippen LogP contribution in [0.15, 0.2) is 121 Å². The van der Waals surface area contributed by atoms with Crippen molar-refractivity contribution in [2.75, 3.05) is 4.90 Å². The zero-order valence-electron chi connectivity index (χ0n) is 22.9. The molecule has 4 aromatic carbocycles. The molecule has 0 N–H and O–H groups in total. The van der Waals surface area contributed by atoms with Gasteiger partial charge in [0.25, 0.3) is 0 Å². The molecule has 198 valence electrons. The maximum Gasteiger partial charge on any atom is 0.0753 e. The van der Waals surface area contributed by atoms with Gasteiger partial charge in [-0.2, -0.15) is 0 Å². The van der Waals surface area contributed by atoms with E-state index in [-0.39, 0.29) is 6.04 Å². The standard InChI is InChI=1S/C38H30N2S/c1-2-24-19-21-30-31-23-25(39-32-15-7-3-11-26(32)27-12-4-8-16-33(27)39)20-22-36(31)41-38(30)37(24)40-34-17-9-5-13-28(34)29-14-6-10-18-35(29)40/h3-24,26,32,37H,2H2,1H3. The second-order valence-electron chi connectivity index (χ2n) is 11.6. The average Bonchev–Trinajstić information content (AvgIpc) is 3.68. The maximum atomic E-state index is 2.64. The minimum Gasteiger partial charge on any atom is -0.333 e. The van der Waals surface area contributed by atoms with Crippen LogP contribution >= 0.6 is 11.3 Å². The second-order valence-corrected chi connectivity index (χ2v) is 12.6. The second kappa shape index (κ2) is 8.83. The van der Waals surface area contributed by atoms with Gasteiger partial charge in [0.1, 0.15) is 0 Å². The molecule has 0 bridgehead atoms. The molecule has 0 amide bonds. The number of rotatable bonds is 3. The number of allylic oxidation sites excluding steroid dienone is 3. The molecule has 2 aliphatic carbocycles. The number of benzene rings is 4. The summed E-state index contributed by atoms with van der Waals surface area (Å²) < 4.78 is 4.01. The van der Waals surface area contributed by atoms with Crippen LogP contribution in [0.2, 0.25) is 0 Å². The molecule has 9 rings (SSSR count). The van der Waals surface area contributed by atoms with Gasteiger partial charge < -0.3 is 9.47 Å². The minimum atomic E-state index is 0.272. The number of nitrogens with zero attached hydrogens (tertiary/aromatic N) is 2. The van der Waals surface area contributed by atoms with Gasteiger partial charge in [0, 0.05) is 60.0 Å². The van der Waals surface area contributed by atoms with Crippen LogP contribution in [0.25, 0.3) is 38.0 Å². The Morgan fingerprint density at radius 2 is 1.46 bits per heavy atom. The van der Waals surface area contributed by atoms with Crippen molar-refractivity contribution in [1.29, 1.82) is 0 Å². The predicted octanol–water partition coefficient (Wildman–Crippen LogP) is 10.4. The van der Waals surface area contributed by atoms with E-state index in [9.17, 15) is 0 Å². The summed E-state index contributed by atoms with van der Waals surface area (Å²) in [6.07, 6.45) is 15.1. The van der Waals surface area contributed by atoms with Gasteiger partial charge in [-0.1, -0.05) is 98.0 Å². The van der Waals surface area contributed by atoms with E-state index in [2.05, 4.69) is 144 Å². The number of aromatic nitrogens is 1. The Kier molecular flexibility index (Phi) is 5.03. The molecule has 0 spiro atoms. The van der Waals surface area contributed by atoms with Crippen molar-refractivity contribution in [2.24, 2.45) is 5.92 Å². The summed E-state index contributed by atoms with van der Waals surface area (Å²) in [5, 5.41) is 4.05. The van der Waals surface area contributed by atoms with E-state index >= 15 is 0 Å². The summed E-state index contributed by atoms with van der Waals surface area (Å²) >= 11 is 1.99. The van der Waals surface area contributed by atoms with E-state index < -0.39 is 0 Å². The van der Waals surface area contributed by atoms with Gasteiger partial charge in [0.05, 0.1) is 12.1 Å². The lowest BCUT2D eigenvalue weighted by atomic mass is 9.87. The van der Waals surface area contributed by atoms with Crippen LogP contribution in [0, 0.1) is 5.92 Å². The number of anilines is 2. The monoisotopic (exact) mass is 546 g/mol. The highest BCUT2D eigenvalue weighted by Gasteiger charge is 2.38. The van der Waals surface area contributed by atoms with Gasteiger partial charge in [0.2, 0.25) is 0 Å². The van der Waals surface area contributed by atoms with E-state index in [0.717, 1.165) is 6.42 Å². The molecule has 0 radical (unpaired) electrons. The predicted molar refractivity (Wildman–Crippen MR) is 176 cm³/mol. The first-order valence-corrected chi connectivity index (χ1v) is 15.6. The number of para-hydroxylation sites is 3. The third-order valence-corrected chi connectivity index (χ3v) is 10.8. The SMILES string of the molecule is CCC1C=Cc2c(sc3ccc(N4c5ccccc5C5C=CC=CC54)cc23)C1n1c2ccccc2c2ccccc21. The van der Waals surface area contributed by atoms with Gasteiger partial charge in [-0.05, 0) is 53.9 Å². The van der Waals surface area contributed by atoms with Gasteiger partial charge >= 0.3 is 0 Å². The molecule has 3 heterocycles. The molecule has 4 unspecified atom stereocenters. The van der Waals surface area contributed by atoms with E-state index in [1.807, 2.05) is 11.3 Å². The zero-order chi connectivity index (χ0) is 27.1. The summed E-state index contributed by atoms with van der Waals surface area (Å²) in [5.74, 6) is 0.841. The van der Waals surface area contributed by atoms with Crippen LogP contribution in [-0.2, 0) is 0 Å². The molecule has 41 heavy (non-hydrogen) atoms. The highest BCUT2D eigenvalue weighted by molar-refractivity contribution is 7.19. The van der Waals surface area contributed by atoms with Gasteiger partial charge in [-0.15, -0.1) is 11.3 Å². The molecule has 2 nitrogen and oxygen atoms in total. The Morgan fingerprint density at radius 3 is 2.27 bits per heavy atom. The lowest BCUT2D eigenvalue weighted by Gasteiger charge is -2.30. The van der Waals surface area contributed by atoms with E-state index in [1.165, 1.54) is 59.3 Å². The van der Waals surface area contributed by atoms with Crippen LogP contribution in [0.1, 0.15) is 41.3 Å². The summed E-state index contributed by atoms with van der Waals surface area (Å²) in [4.78, 5) is 4.04. The van der Waals surface area contributed by atoms with Gasteiger partial charge in [-0.3, -0.25) is 0 Å². The lowest BCUT2D eigenvalue weighted by molar-refractivity contribution is 0.457. The van der Waals surface area contributed by atoms with Crippen LogP contribution in [0.5, 0.6) is 0 Å². The van der Waals surface area contributed by atoms with Crippen LogP contribution in [-0.4, -0.2) is 10.6 Å². The van der Waals surface area contributed by atoms with Crippen molar-refractivity contribution in [1.82, 2.24) is 4.57 Å². The highest BCUT2D eigenvalue weighted by atomic mass is 32.1. The van der Waals surface area contributed by atoms with E-state index in [1.54, 1.807) is 0 Å². The molecule has 0 fully saturated rings. The summed E-state index contributed by atoms with van der Waals surface area (Å²) in [7, 11) is 0. The molecule has 0 saturated heterocycles. The van der Waals surface area contributed by atoms with Crippen molar-refractivity contribution in [3.8, 4) is 0 Å². The van der Waals surface area contributed by atoms with Crippen molar-refractivity contribution >= 4 is 60.7 Å². The van der Waals surface area contributed by atoms with Gasteiger partial charge in [0.15, 0.2) is 0 Å². The molecular weight excluding hydrogens is 516 g/mol. The smallest absolute Gasteiger partial charge is 0.0753 e. The van der Waals surface area contributed by atoms with Crippen molar-refractivity contribution < 1.29 is 0 Å². The van der Waals surface area contributed by atoms with Crippen molar-refractivity contribution in [3.05, 3.63) is 137 Å². The fourth-order valence-electron chi connectivity index (χ4n) is 7.70. The molecule has 0 saturated carbocycles. The zero-order valence-corrected chi connectivity index (χ0v) is 23.8. The number of hydrogen-bond donors (Lipinski definition) is 0. The molecule has 1 aliphatic heterocycles. The van der Waals surface area contributed by atoms with Gasteiger partial charge in [-0.25, -0.2) is 0 Å². The Morgan fingerprint density at radius 1 is 0.732 bits per heavy atom. The fourth-order valence-corrected chi connectivity index (χ4v) is 9.04. The molecule has 3 heteroatoms. The third kappa shape index (κ3) is 3.24. The molecule has 4 atom stereocenters. The largest absolute Gasteiger partial charge is 0.333 e. The van der Waals surface area contributed by atoms with E-state index in [0.29, 0.717) is 17.9 Å². The summed E-state index contributed by atoms with van der Waals surface area (Å²) in [6.45, 7) is 2.33. The Labute approximate surface area is 244 Å².